The molecule has 0 aromatic carbocycles. The highest BCUT2D eigenvalue weighted by Crippen LogP contribution is 2.41. The molecule has 0 saturated heterocycles. The van der Waals surface area contributed by atoms with Gasteiger partial charge in [-0.1, -0.05) is 45.1 Å². The molecule has 1 aliphatic carbocycles. The number of hydrogen-bond donors (Lipinski definition) is 0. The summed E-state index contributed by atoms with van der Waals surface area (Å²) in [5.41, 5.74) is 1.87. The summed E-state index contributed by atoms with van der Waals surface area (Å²) in [6.07, 6.45) is 6.91. The Bertz CT molecular complexity index is 186. The molecule has 0 spiro atoms. The minimum Gasteiger partial charge on any atom is -0.0988 e. The zero-order chi connectivity index (χ0) is 8.48. The summed E-state index contributed by atoms with van der Waals surface area (Å²) in [4.78, 5) is 0. The second kappa shape index (κ2) is 2.84. The lowest BCUT2D eigenvalue weighted by molar-refractivity contribution is 0.293. The fraction of sp³-hybridized carbons (Fsp3) is 0.636. The van der Waals surface area contributed by atoms with Crippen LogP contribution in [-0.2, 0) is 0 Å². The average Bonchev–Trinajstić information content (AvgIpc) is 2.33. The second-order valence-electron chi connectivity index (χ2n) is 4.08. The van der Waals surface area contributed by atoms with Crippen molar-refractivity contribution in [2.24, 2.45) is 11.3 Å². The zero-order valence-corrected chi connectivity index (χ0v) is 7.85. The highest BCUT2D eigenvalue weighted by molar-refractivity contribution is 5.25. The van der Waals surface area contributed by atoms with Crippen molar-refractivity contribution in [2.75, 3.05) is 0 Å². The fourth-order valence-corrected chi connectivity index (χ4v) is 1.60. The molecule has 0 aromatic rings. The van der Waals surface area contributed by atoms with Gasteiger partial charge in [0, 0.05) is 0 Å². The topological polar surface area (TPSA) is 0 Å². The zero-order valence-electron chi connectivity index (χ0n) is 7.85. The highest BCUT2D eigenvalue weighted by atomic mass is 14.3. The molecule has 1 rings (SSSR count). The van der Waals surface area contributed by atoms with Crippen LogP contribution < -0.4 is 0 Å². The SMILES string of the molecule is C=CC1=CC(C)(C(C)C)CC1. The molecule has 0 aliphatic heterocycles. The van der Waals surface area contributed by atoms with E-state index in [1.807, 2.05) is 6.08 Å². The Morgan fingerprint density at radius 1 is 1.64 bits per heavy atom. The fourth-order valence-electron chi connectivity index (χ4n) is 1.60. The van der Waals surface area contributed by atoms with Crippen molar-refractivity contribution >= 4 is 0 Å². The van der Waals surface area contributed by atoms with Crippen LogP contribution in [0.15, 0.2) is 24.3 Å². The first-order valence-corrected chi connectivity index (χ1v) is 4.42. The minimum absolute atomic E-state index is 0.434. The van der Waals surface area contributed by atoms with Gasteiger partial charge < -0.3 is 0 Å². The predicted molar refractivity (Wildman–Crippen MR) is 50.5 cm³/mol. The Morgan fingerprint density at radius 3 is 2.55 bits per heavy atom. The van der Waals surface area contributed by atoms with E-state index < -0.39 is 0 Å². The van der Waals surface area contributed by atoms with Crippen LogP contribution >= 0.6 is 0 Å². The van der Waals surface area contributed by atoms with Gasteiger partial charge >= 0.3 is 0 Å². The summed E-state index contributed by atoms with van der Waals surface area (Å²) in [7, 11) is 0. The molecule has 0 bridgehead atoms. The monoisotopic (exact) mass is 150 g/mol. The smallest absolute Gasteiger partial charge is 0.0115 e. The predicted octanol–water partition coefficient (Wildman–Crippen LogP) is 3.55. The maximum atomic E-state index is 3.80. The van der Waals surface area contributed by atoms with Gasteiger partial charge in [0.1, 0.15) is 0 Å². The van der Waals surface area contributed by atoms with Crippen LogP contribution in [-0.4, -0.2) is 0 Å². The van der Waals surface area contributed by atoms with Crippen LogP contribution in [0.1, 0.15) is 33.6 Å². The van der Waals surface area contributed by atoms with Crippen molar-refractivity contribution in [1.82, 2.24) is 0 Å². The van der Waals surface area contributed by atoms with Crippen molar-refractivity contribution in [1.29, 1.82) is 0 Å². The van der Waals surface area contributed by atoms with E-state index in [0.717, 1.165) is 5.92 Å². The third-order valence-corrected chi connectivity index (χ3v) is 3.05. The molecule has 0 saturated carbocycles. The molecular formula is C11H18. The maximum absolute atomic E-state index is 3.80. The van der Waals surface area contributed by atoms with Gasteiger partial charge in [-0.3, -0.25) is 0 Å². The Hall–Kier alpha value is -0.520. The van der Waals surface area contributed by atoms with E-state index in [1.165, 1.54) is 18.4 Å². The van der Waals surface area contributed by atoms with E-state index in [2.05, 4.69) is 33.4 Å². The average molecular weight is 150 g/mol. The summed E-state index contributed by atoms with van der Waals surface area (Å²) in [6.45, 7) is 10.7. The number of rotatable bonds is 2. The molecule has 1 aliphatic rings. The van der Waals surface area contributed by atoms with Gasteiger partial charge in [0.25, 0.3) is 0 Å². The van der Waals surface area contributed by atoms with Gasteiger partial charge in [0.15, 0.2) is 0 Å². The third-order valence-electron chi connectivity index (χ3n) is 3.05. The first kappa shape index (κ1) is 8.58. The van der Waals surface area contributed by atoms with Gasteiger partial charge in [-0.25, -0.2) is 0 Å². The van der Waals surface area contributed by atoms with Crippen LogP contribution in [0.4, 0.5) is 0 Å². The molecule has 0 amide bonds. The van der Waals surface area contributed by atoms with E-state index in [4.69, 9.17) is 0 Å². The van der Waals surface area contributed by atoms with E-state index in [9.17, 15) is 0 Å². The molecule has 0 nitrogen and oxygen atoms in total. The van der Waals surface area contributed by atoms with Crippen molar-refractivity contribution in [3.05, 3.63) is 24.3 Å². The molecule has 0 aromatic heterocycles. The molecule has 1 atom stereocenters. The van der Waals surface area contributed by atoms with E-state index in [-0.39, 0.29) is 0 Å². The Labute approximate surface area is 70.0 Å². The summed E-state index contributed by atoms with van der Waals surface area (Å²) in [6, 6.07) is 0. The molecule has 0 heteroatoms. The van der Waals surface area contributed by atoms with E-state index in [1.54, 1.807) is 0 Å². The summed E-state index contributed by atoms with van der Waals surface area (Å²) >= 11 is 0. The van der Waals surface area contributed by atoms with Gasteiger partial charge in [-0.05, 0) is 24.2 Å². The molecule has 0 heterocycles. The largest absolute Gasteiger partial charge is 0.0988 e. The lowest BCUT2D eigenvalue weighted by Gasteiger charge is -2.26. The van der Waals surface area contributed by atoms with Crippen LogP contribution in [0.25, 0.3) is 0 Å². The Kier molecular flexibility index (Phi) is 2.22. The lowest BCUT2D eigenvalue weighted by Crippen LogP contribution is -2.17. The normalized spacial score (nSPS) is 30.7. The van der Waals surface area contributed by atoms with Crippen molar-refractivity contribution in [3.63, 3.8) is 0 Å². The first-order chi connectivity index (χ1) is 5.08. The molecule has 11 heavy (non-hydrogen) atoms. The molecule has 1 unspecified atom stereocenters. The summed E-state index contributed by atoms with van der Waals surface area (Å²) < 4.78 is 0. The second-order valence-corrected chi connectivity index (χ2v) is 4.08. The summed E-state index contributed by atoms with van der Waals surface area (Å²) in [5.74, 6) is 0.750. The van der Waals surface area contributed by atoms with Crippen molar-refractivity contribution in [2.45, 2.75) is 33.6 Å². The number of hydrogen-bond acceptors (Lipinski definition) is 0. The molecule has 0 radical (unpaired) electrons. The van der Waals surface area contributed by atoms with Gasteiger partial charge in [0.2, 0.25) is 0 Å². The van der Waals surface area contributed by atoms with Crippen LogP contribution in [0.3, 0.4) is 0 Å². The van der Waals surface area contributed by atoms with E-state index in [0.29, 0.717) is 5.41 Å². The Morgan fingerprint density at radius 2 is 2.27 bits per heavy atom. The summed E-state index contributed by atoms with van der Waals surface area (Å²) in [5, 5.41) is 0. The maximum Gasteiger partial charge on any atom is -0.0115 e. The standard InChI is InChI=1S/C11H18/c1-5-10-6-7-11(4,8-10)9(2)3/h5,8-9H,1,6-7H2,2-4H3. The van der Waals surface area contributed by atoms with Gasteiger partial charge in [-0.15, -0.1) is 0 Å². The van der Waals surface area contributed by atoms with E-state index >= 15 is 0 Å². The van der Waals surface area contributed by atoms with Crippen molar-refractivity contribution < 1.29 is 0 Å². The lowest BCUT2D eigenvalue weighted by atomic mass is 9.79. The van der Waals surface area contributed by atoms with Gasteiger partial charge in [0.05, 0.1) is 0 Å². The van der Waals surface area contributed by atoms with Crippen molar-refractivity contribution in [3.8, 4) is 0 Å². The minimum atomic E-state index is 0.434. The molecule has 62 valence electrons. The van der Waals surface area contributed by atoms with Crippen LogP contribution in [0.2, 0.25) is 0 Å². The van der Waals surface area contributed by atoms with Crippen LogP contribution in [0.5, 0.6) is 0 Å². The highest BCUT2D eigenvalue weighted by Gasteiger charge is 2.29. The quantitative estimate of drug-likeness (QED) is 0.564. The molecule has 0 fully saturated rings. The molecule has 0 N–H and O–H groups in total. The third kappa shape index (κ3) is 1.55. The van der Waals surface area contributed by atoms with Crippen LogP contribution in [0, 0.1) is 11.3 Å². The Balaban J connectivity index is 2.77. The number of allylic oxidation sites excluding steroid dienone is 3. The molecular weight excluding hydrogens is 132 g/mol. The van der Waals surface area contributed by atoms with Gasteiger partial charge in [-0.2, -0.15) is 0 Å². The first-order valence-electron chi connectivity index (χ1n) is 4.42.